The van der Waals surface area contributed by atoms with Gasteiger partial charge < -0.3 is 5.32 Å². The van der Waals surface area contributed by atoms with Crippen LogP contribution in [0.15, 0.2) is 53.0 Å². The standard InChI is InChI=1S/C22H23BrN4O2S/c1-4-13(2)18(24-19(28)17-8-6-5-7-14(17)3)20(29)25-22-27-26-21(30-22)15-9-11-16(23)12-10-15/h5-13,18H,4H2,1-3H3,(H,24,28)(H,25,27,29). The number of benzene rings is 2. The fraction of sp³-hybridized carbons (Fsp3) is 0.273. The van der Waals surface area contributed by atoms with Crippen molar-refractivity contribution in [3.05, 3.63) is 64.1 Å². The van der Waals surface area contributed by atoms with Crippen molar-refractivity contribution in [3.8, 4) is 10.6 Å². The summed E-state index contributed by atoms with van der Waals surface area (Å²) in [5.74, 6) is -0.608. The second-order valence-electron chi connectivity index (χ2n) is 7.06. The third-order valence-corrected chi connectivity index (χ3v) is 6.33. The number of nitrogens with one attached hydrogen (secondary N) is 2. The van der Waals surface area contributed by atoms with E-state index in [1.54, 1.807) is 6.07 Å². The number of halogens is 1. The summed E-state index contributed by atoms with van der Waals surface area (Å²) in [5.41, 5.74) is 2.34. The van der Waals surface area contributed by atoms with E-state index >= 15 is 0 Å². The molecule has 1 aromatic heterocycles. The lowest BCUT2D eigenvalue weighted by atomic mass is 9.97. The van der Waals surface area contributed by atoms with Gasteiger partial charge in [0.1, 0.15) is 11.0 Å². The Balaban J connectivity index is 1.74. The Kier molecular flexibility index (Phi) is 7.33. The summed E-state index contributed by atoms with van der Waals surface area (Å²) in [6, 6.07) is 14.4. The monoisotopic (exact) mass is 486 g/mol. The molecule has 2 amide bonds. The predicted octanol–water partition coefficient (Wildman–Crippen LogP) is 5.06. The quantitative estimate of drug-likeness (QED) is 0.488. The van der Waals surface area contributed by atoms with Crippen LogP contribution in [0.4, 0.5) is 5.13 Å². The molecule has 1 heterocycles. The zero-order chi connectivity index (χ0) is 21.7. The molecule has 0 radical (unpaired) electrons. The summed E-state index contributed by atoms with van der Waals surface area (Å²) < 4.78 is 0.977. The summed E-state index contributed by atoms with van der Waals surface area (Å²) in [7, 11) is 0. The molecule has 0 saturated heterocycles. The van der Waals surface area contributed by atoms with Crippen LogP contribution in [0.1, 0.15) is 36.2 Å². The highest BCUT2D eigenvalue weighted by molar-refractivity contribution is 9.10. The van der Waals surface area contributed by atoms with Gasteiger partial charge in [-0.2, -0.15) is 0 Å². The van der Waals surface area contributed by atoms with Gasteiger partial charge in [0, 0.05) is 15.6 Å². The largest absolute Gasteiger partial charge is 0.340 e. The summed E-state index contributed by atoms with van der Waals surface area (Å²) in [5, 5.41) is 15.1. The van der Waals surface area contributed by atoms with Gasteiger partial charge in [-0.1, -0.05) is 77.9 Å². The normalized spacial score (nSPS) is 12.8. The fourth-order valence-corrected chi connectivity index (χ4v) is 3.93. The highest BCUT2D eigenvalue weighted by atomic mass is 79.9. The van der Waals surface area contributed by atoms with Gasteiger partial charge in [0.05, 0.1) is 0 Å². The summed E-state index contributed by atoms with van der Waals surface area (Å²) in [6.45, 7) is 5.80. The molecule has 0 aliphatic heterocycles. The first-order valence-electron chi connectivity index (χ1n) is 9.65. The van der Waals surface area contributed by atoms with E-state index < -0.39 is 6.04 Å². The lowest BCUT2D eigenvalue weighted by Gasteiger charge is -2.23. The van der Waals surface area contributed by atoms with Crippen molar-refractivity contribution in [2.45, 2.75) is 33.2 Å². The molecule has 0 spiro atoms. The molecule has 0 saturated carbocycles. The van der Waals surface area contributed by atoms with Crippen LogP contribution in [0.3, 0.4) is 0 Å². The molecule has 30 heavy (non-hydrogen) atoms. The predicted molar refractivity (Wildman–Crippen MR) is 124 cm³/mol. The topological polar surface area (TPSA) is 84.0 Å². The number of nitrogens with zero attached hydrogens (tertiary/aromatic N) is 2. The van der Waals surface area contributed by atoms with Crippen molar-refractivity contribution < 1.29 is 9.59 Å². The molecule has 0 fully saturated rings. The first-order valence-corrected chi connectivity index (χ1v) is 11.3. The van der Waals surface area contributed by atoms with Crippen molar-refractivity contribution in [2.75, 3.05) is 5.32 Å². The van der Waals surface area contributed by atoms with Gasteiger partial charge in [-0.25, -0.2) is 0 Å². The molecule has 0 aliphatic carbocycles. The highest BCUT2D eigenvalue weighted by Crippen LogP contribution is 2.27. The van der Waals surface area contributed by atoms with E-state index in [0.29, 0.717) is 15.7 Å². The maximum absolute atomic E-state index is 13.0. The molecule has 6 nitrogen and oxygen atoms in total. The fourth-order valence-electron chi connectivity index (χ4n) is 2.91. The minimum absolute atomic E-state index is 0.0446. The highest BCUT2D eigenvalue weighted by Gasteiger charge is 2.27. The Morgan fingerprint density at radius 1 is 1.10 bits per heavy atom. The van der Waals surface area contributed by atoms with E-state index in [0.717, 1.165) is 22.0 Å². The molecule has 2 N–H and O–H groups in total. The number of aromatic nitrogens is 2. The number of rotatable bonds is 7. The molecule has 3 aromatic rings. The lowest BCUT2D eigenvalue weighted by molar-refractivity contribution is -0.119. The number of anilines is 1. The van der Waals surface area contributed by atoms with Gasteiger partial charge in [0.15, 0.2) is 0 Å². The lowest BCUT2D eigenvalue weighted by Crippen LogP contribution is -2.47. The Labute approximate surface area is 188 Å². The van der Waals surface area contributed by atoms with Crippen molar-refractivity contribution in [1.82, 2.24) is 15.5 Å². The summed E-state index contributed by atoms with van der Waals surface area (Å²) in [4.78, 5) is 25.7. The molecule has 156 valence electrons. The van der Waals surface area contributed by atoms with E-state index in [-0.39, 0.29) is 17.7 Å². The minimum atomic E-state index is -0.679. The summed E-state index contributed by atoms with van der Waals surface area (Å²) in [6.07, 6.45) is 0.742. The molecule has 8 heteroatoms. The maximum atomic E-state index is 13.0. The van der Waals surface area contributed by atoms with Crippen LogP contribution in [0.25, 0.3) is 10.6 Å². The Morgan fingerprint density at radius 3 is 2.47 bits per heavy atom. The molecular weight excluding hydrogens is 464 g/mol. The zero-order valence-electron chi connectivity index (χ0n) is 17.0. The first-order chi connectivity index (χ1) is 14.4. The Bertz CT molecular complexity index is 1040. The van der Waals surface area contributed by atoms with Gasteiger partial charge in [0.2, 0.25) is 11.0 Å². The second kappa shape index (κ2) is 9.95. The van der Waals surface area contributed by atoms with Crippen molar-refractivity contribution in [2.24, 2.45) is 5.92 Å². The number of carbonyl (C=O) groups excluding carboxylic acids is 2. The second-order valence-corrected chi connectivity index (χ2v) is 8.95. The van der Waals surface area contributed by atoms with Gasteiger partial charge in [-0.15, -0.1) is 10.2 Å². The molecule has 3 rings (SSSR count). The molecule has 2 unspecified atom stereocenters. The summed E-state index contributed by atoms with van der Waals surface area (Å²) >= 11 is 4.70. The van der Waals surface area contributed by atoms with Crippen molar-refractivity contribution in [3.63, 3.8) is 0 Å². The first kappa shape index (κ1) is 22.1. The van der Waals surface area contributed by atoms with E-state index in [9.17, 15) is 9.59 Å². The molecular formula is C22H23BrN4O2S. The van der Waals surface area contributed by atoms with Gasteiger partial charge in [0.25, 0.3) is 5.91 Å². The zero-order valence-corrected chi connectivity index (χ0v) is 19.4. The van der Waals surface area contributed by atoms with Crippen LogP contribution in [-0.4, -0.2) is 28.1 Å². The van der Waals surface area contributed by atoms with Crippen molar-refractivity contribution >= 4 is 44.2 Å². The Hall–Kier alpha value is -2.58. The van der Waals surface area contributed by atoms with Gasteiger partial charge in [-0.05, 0) is 36.6 Å². The molecule has 0 bridgehead atoms. The van der Waals surface area contributed by atoms with E-state index in [4.69, 9.17) is 0 Å². The average Bonchev–Trinajstić information content (AvgIpc) is 3.20. The van der Waals surface area contributed by atoms with Gasteiger partial charge in [-0.3, -0.25) is 14.9 Å². The smallest absolute Gasteiger partial charge is 0.252 e. The minimum Gasteiger partial charge on any atom is -0.340 e. The van der Waals surface area contributed by atoms with Crippen LogP contribution in [-0.2, 0) is 4.79 Å². The molecule has 0 aliphatic rings. The maximum Gasteiger partial charge on any atom is 0.252 e. The van der Waals surface area contributed by atoms with Gasteiger partial charge >= 0.3 is 0 Å². The van der Waals surface area contributed by atoms with E-state index in [1.807, 2.05) is 63.2 Å². The number of aryl methyl sites for hydroxylation is 1. The molecule has 2 aromatic carbocycles. The van der Waals surface area contributed by atoms with Crippen LogP contribution >= 0.6 is 27.3 Å². The number of hydrogen-bond acceptors (Lipinski definition) is 5. The number of carbonyl (C=O) groups is 2. The SMILES string of the molecule is CCC(C)C(NC(=O)c1ccccc1C)C(=O)Nc1nnc(-c2ccc(Br)cc2)s1. The number of amides is 2. The van der Waals surface area contributed by atoms with Crippen LogP contribution in [0.2, 0.25) is 0 Å². The average molecular weight is 487 g/mol. The van der Waals surface area contributed by atoms with Crippen LogP contribution in [0, 0.1) is 12.8 Å². The van der Waals surface area contributed by atoms with Crippen LogP contribution < -0.4 is 10.6 Å². The van der Waals surface area contributed by atoms with E-state index in [2.05, 4.69) is 36.8 Å². The number of hydrogen-bond donors (Lipinski definition) is 2. The van der Waals surface area contributed by atoms with Crippen LogP contribution in [0.5, 0.6) is 0 Å². The third kappa shape index (κ3) is 5.31. The van der Waals surface area contributed by atoms with Crippen molar-refractivity contribution in [1.29, 1.82) is 0 Å². The Morgan fingerprint density at radius 2 is 1.80 bits per heavy atom. The molecule has 2 atom stereocenters. The van der Waals surface area contributed by atoms with E-state index in [1.165, 1.54) is 11.3 Å². The third-order valence-electron chi connectivity index (χ3n) is 4.92.